The van der Waals surface area contributed by atoms with Crippen LogP contribution in [0.25, 0.3) is 0 Å². The predicted octanol–water partition coefficient (Wildman–Crippen LogP) is 0.667. The zero-order chi connectivity index (χ0) is 8.97. The molecule has 66 valence electrons. The molecule has 0 spiro atoms. The SMILES string of the molecule is CN(C)/N=C/c1ccc(CO)o1. The first-order chi connectivity index (χ1) is 5.72. The zero-order valence-corrected chi connectivity index (χ0v) is 7.19. The van der Waals surface area contributed by atoms with Crippen LogP contribution in [-0.4, -0.2) is 30.4 Å². The molecule has 1 aromatic rings. The molecule has 0 saturated heterocycles. The quantitative estimate of drug-likeness (QED) is 0.533. The van der Waals surface area contributed by atoms with E-state index in [1.165, 1.54) is 0 Å². The summed E-state index contributed by atoms with van der Waals surface area (Å²) in [6.45, 7) is -0.0736. The van der Waals surface area contributed by atoms with Gasteiger partial charge in [0.05, 0.1) is 6.21 Å². The van der Waals surface area contributed by atoms with Gasteiger partial charge in [-0.15, -0.1) is 0 Å². The Morgan fingerprint density at radius 1 is 1.58 bits per heavy atom. The highest BCUT2D eigenvalue weighted by atomic mass is 16.4. The minimum atomic E-state index is -0.0736. The van der Waals surface area contributed by atoms with Crippen molar-refractivity contribution >= 4 is 6.21 Å². The molecule has 4 nitrogen and oxygen atoms in total. The van der Waals surface area contributed by atoms with Gasteiger partial charge in [0.25, 0.3) is 0 Å². The Balaban J connectivity index is 2.63. The van der Waals surface area contributed by atoms with Crippen LogP contribution in [-0.2, 0) is 6.61 Å². The van der Waals surface area contributed by atoms with Gasteiger partial charge in [-0.3, -0.25) is 0 Å². The lowest BCUT2D eigenvalue weighted by atomic mass is 10.4. The molecule has 12 heavy (non-hydrogen) atoms. The van der Waals surface area contributed by atoms with Gasteiger partial charge in [-0.25, -0.2) is 0 Å². The molecule has 4 heteroatoms. The van der Waals surface area contributed by atoms with Crippen LogP contribution >= 0.6 is 0 Å². The molecule has 0 aliphatic heterocycles. The molecule has 0 unspecified atom stereocenters. The van der Waals surface area contributed by atoms with E-state index in [0.717, 1.165) is 0 Å². The Kier molecular flexibility index (Phi) is 2.88. The van der Waals surface area contributed by atoms with Crippen molar-refractivity contribution in [3.05, 3.63) is 23.7 Å². The number of rotatable bonds is 3. The van der Waals surface area contributed by atoms with E-state index in [4.69, 9.17) is 9.52 Å². The number of nitrogens with zero attached hydrogens (tertiary/aromatic N) is 2. The van der Waals surface area contributed by atoms with E-state index >= 15 is 0 Å². The summed E-state index contributed by atoms with van der Waals surface area (Å²) in [4.78, 5) is 0. The summed E-state index contributed by atoms with van der Waals surface area (Å²) >= 11 is 0. The summed E-state index contributed by atoms with van der Waals surface area (Å²) < 4.78 is 5.16. The number of aliphatic hydroxyl groups excluding tert-OH is 1. The van der Waals surface area contributed by atoms with Gasteiger partial charge in [0.15, 0.2) is 0 Å². The smallest absolute Gasteiger partial charge is 0.147 e. The number of aliphatic hydroxyl groups is 1. The molecule has 1 heterocycles. The van der Waals surface area contributed by atoms with Crippen molar-refractivity contribution in [3.8, 4) is 0 Å². The Bertz CT molecular complexity index is 266. The summed E-state index contributed by atoms with van der Waals surface area (Å²) in [5, 5.41) is 14.3. The molecule has 0 amide bonds. The van der Waals surface area contributed by atoms with Gasteiger partial charge in [0.2, 0.25) is 0 Å². The van der Waals surface area contributed by atoms with E-state index in [0.29, 0.717) is 11.5 Å². The van der Waals surface area contributed by atoms with Crippen LogP contribution in [0.4, 0.5) is 0 Å². The van der Waals surface area contributed by atoms with Crippen LogP contribution in [0.5, 0.6) is 0 Å². The fraction of sp³-hybridized carbons (Fsp3) is 0.375. The topological polar surface area (TPSA) is 49.0 Å². The second-order valence-corrected chi connectivity index (χ2v) is 2.55. The predicted molar refractivity (Wildman–Crippen MR) is 45.9 cm³/mol. The van der Waals surface area contributed by atoms with E-state index in [1.54, 1.807) is 23.4 Å². The molecule has 0 atom stereocenters. The maximum Gasteiger partial charge on any atom is 0.147 e. The van der Waals surface area contributed by atoms with E-state index in [2.05, 4.69) is 5.10 Å². The lowest BCUT2D eigenvalue weighted by Crippen LogP contribution is -2.01. The van der Waals surface area contributed by atoms with E-state index < -0.39 is 0 Å². The average molecular weight is 168 g/mol. The van der Waals surface area contributed by atoms with Gasteiger partial charge in [-0.2, -0.15) is 5.10 Å². The van der Waals surface area contributed by atoms with Crippen LogP contribution < -0.4 is 0 Å². The number of hydrogen-bond donors (Lipinski definition) is 1. The van der Waals surface area contributed by atoms with E-state index in [1.807, 2.05) is 14.1 Å². The Labute approximate surface area is 71.1 Å². The summed E-state index contributed by atoms with van der Waals surface area (Å²) in [5.74, 6) is 1.20. The maximum atomic E-state index is 8.68. The molecule has 0 aliphatic carbocycles. The molecular weight excluding hydrogens is 156 g/mol. The van der Waals surface area contributed by atoms with Crippen molar-refractivity contribution in [2.24, 2.45) is 5.10 Å². The average Bonchev–Trinajstić information content (AvgIpc) is 2.48. The first kappa shape index (κ1) is 8.80. The van der Waals surface area contributed by atoms with Crippen LogP contribution in [0.3, 0.4) is 0 Å². The van der Waals surface area contributed by atoms with Crippen molar-refractivity contribution in [1.82, 2.24) is 5.01 Å². The highest BCUT2D eigenvalue weighted by Crippen LogP contribution is 2.04. The molecule has 0 aromatic carbocycles. The maximum absolute atomic E-state index is 8.68. The largest absolute Gasteiger partial charge is 0.458 e. The first-order valence-electron chi connectivity index (χ1n) is 3.63. The van der Waals surface area contributed by atoms with Crippen LogP contribution in [0.2, 0.25) is 0 Å². The van der Waals surface area contributed by atoms with Crippen LogP contribution in [0.15, 0.2) is 21.7 Å². The van der Waals surface area contributed by atoms with Crippen LogP contribution in [0.1, 0.15) is 11.5 Å². The molecule has 0 saturated carbocycles. The lowest BCUT2D eigenvalue weighted by molar-refractivity contribution is 0.246. The Hall–Kier alpha value is -1.29. The highest BCUT2D eigenvalue weighted by molar-refractivity contribution is 5.75. The fourth-order valence-electron chi connectivity index (χ4n) is 0.721. The normalized spacial score (nSPS) is 10.9. The highest BCUT2D eigenvalue weighted by Gasteiger charge is 1.96. The van der Waals surface area contributed by atoms with Crippen molar-refractivity contribution in [3.63, 3.8) is 0 Å². The lowest BCUT2D eigenvalue weighted by Gasteiger charge is -2.00. The van der Waals surface area contributed by atoms with Crippen LogP contribution in [0, 0.1) is 0 Å². The third-order valence-electron chi connectivity index (χ3n) is 1.25. The Morgan fingerprint density at radius 2 is 2.33 bits per heavy atom. The first-order valence-corrected chi connectivity index (χ1v) is 3.63. The fourth-order valence-corrected chi connectivity index (χ4v) is 0.721. The summed E-state index contributed by atoms with van der Waals surface area (Å²) in [6.07, 6.45) is 1.60. The molecule has 0 radical (unpaired) electrons. The number of hydrogen-bond acceptors (Lipinski definition) is 4. The molecule has 1 rings (SSSR count). The molecule has 0 fully saturated rings. The van der Waals surface area contributed by atoms with Gasteiger partial charge in [-0.1, -0.05) is 0 Å². The Morgan fingerprint density at radius 3 is 2.83 bits per heavy atom. The van der Waals surface area contributed by atoms with Gasteiger partial charge in [0, 0.05) is 14.1 Å². The molecule has 1 N–H and O–H groups in total. The molecule has 1 aromatic heterocycles. The van der Waals surface area contributed by atoms with E-state index in [9.17, 15) is 0 Å². The number of furan rings is 1. The van der Waals surface area contributed by atoms with Crippen molar-refractivity contribution in [2.45, 2.75) is 6.61 Å². The molecular formula is C8H12N2O2. The van der Waals surface area contributed by atoms with Gasteiger partial charge >= 0.3 is 0 Å². The third kappa shape index (κ3) is 2.39. The summed E-state index contributed by atoms with van der Waals surface area (Å²) in [5.41, 5.74) is 0. The second-order valence-electron chi connectivity index (χ2n) is 2.55. The van der Waals surface area contributed by atoms with Crippen molar-refractivity contribution in [1.29, 1.82) is 0 Å². The molecule has 0 bridgehead atoms. The third-order valence-corrected chi connectivity index (χ3v) is 1.25. The van der Waals surface area contributed by atoms with Crippen molar-refractivity contribution < 1.29 is 9.52 Å². The zero-order valence-electron chi connectivity index (χ0n) is 7.19. The van der Waals surface area contributed by atoms with Gasteiger partial charge in [0.1, 0.15) is 18.1 Å². The standard InChI is InChI=1S/C8H12N2O2/c1-10(2)9-5-7-3-4-8(6-11)12-7/h3-5,11H,6H2,1-2H3/b9-5+. The number of hydrazone groups is 1. The summed E-state index contributed by atoms with van der Waals surface area (Å²) in [7, 11) is 3.65. The van der Waals surface area contributed by atoms with Gasteiger partial charge < -0.3 is 14.5 Å². The second kappa shape index (κ2) is 3.92. The van der Waals surface area contributed by atoms with Crippen molar-refractivity contribution in [2.75, 3.05) is 14.1 Å². The monoisotopic (exact) mass is 168 g/mol. The molecule has 0 aliphatic rings. The summed E-state index contributed by atoms with van der Waals surface area (Å²) in [6, 6.07) is 3.48. The van der Waals surface area contributed by atoms with Gasteiger partial charge in [-0.05, 0) is 12.1 Å². The van der Waals surface area contributed by atoms with E-state index in [-0.39, 0.29) is 6.61 Å². The minimum Gasteiger partial charge on any atom is -0.458 e. The minimum absolute atomic E-state index is 0.0736.